The van der Waals surface area contributed by atoms with Crippen molar-refractivity contribution >= 4 is 68.2 Å². The first kappa shape index (κ1) is 83.2. The monoisotopic (exact) mass is 1490 g/mol. The maximum absolute atomic E-state index is 5.58. The maximum Gasteiger partial charge on any atom is 0.114 e. The number of unbranched alkanes of at least 4 members (excludes halogenated alkanes) is 52. The topological polar surface area (TPSA) is 51.6 Å². The maximum atomic E-state index is 5.58. The fourth-order valence-corrected chi connectivity index (χ4v) is 23.4. The molecule has 4 nitrogen and oxygen atoms in total. The van der Waals surface area contributed by atoms with Gasteiger partial charge in [0.2, 0.25) is 0 Å². The number of nitrogens with zero attached hydrogens (tertiary/aromatic N) is 4. The summed E-state index contributed by atoms with van der Waals surface area (Å²) in [4.78, 5) is 5.83. The van der Waals surface area contributed by atoms with Crippen LogP contribution in [0.25, 0.3) is 64.5 Å². The second kappa shape index (κ2) is 45.8. The van der Waals surface area contributed by atoms with Crippen LogP contribution in [0.5, 0.6) is 0 Å². The average Bonchev–Trinajstić information content (AvgIpc) is 1.52. The Bertz CT molecular complexity index is 3490. The summed E-state index contributed by atoms with van der Waals surface area (Å²) >= 11 is 6.97. The first-order valence-corrected chi connectivity index (χ1v) is 48.4. The third-order valence-electron chi connectivity index (χ3n) is 25.9. The summed E-state index contributed by atoms with van der Waals surface area (Å²) in [5.41, 5.74) is 22.4. The van der Waals surface area contributed by atoms with Gasteiger partial charge in [0.05, 0.1) is 23.5 Å². The third kappa shape index (κ3) is 22.5. The lowest BCUT2D eigenvalue weighted by Crippen LogP contribution is -2.27. The molecular formula is C96H148N4S4. The van der Waals surface area contributed by atoms with Gasteiger partial charge in [-0.3, -0.25) is 0 Å². The first-order valence-electron chi connectivity index (χ1n) is 45.3. The molecule has 104 heavy (non-hydrogen) atoms. The van der Waals surface area contributed by atoms with Crippen LogP contribution in [0.4, 0.5) is 0 Å². The minimum atomic E-state index is -0.134. The average molecular weight is 1490 g/mol. The quantitative estimate of drug-likeness (QED) is 0.0357. The molecule has 0 radical (unpaired) electrons. The van der Waals surface area contributed by atoms with Crippen molar-refractivity contribution in [2.24, 2.45) is 0 Å². The van der Waals surface area contributed by atoms with Crippen LogP contribution in [0.1, 0.15) is 470 Å². The van der Waals surface area contributed by atoms with Gasteiger partial charge < -0.3 is 0 Å². The van der Waals surface area contributed by atoms with Gasteiger partial charge in [-0.2, -0.15) is 17.5 Å². The molecule has 8 heteroatoms. The van der Waals surface area contributed by atoms with Crippen molar-refractivity contribution in [1.29, 1.82) is 0 Å². The number of hydrogen-bond donors (Lipinski definition) is 0. The molecule has 0 N–H and O–H groups in total. The third-order valence-corrected chi connectivity index (χ3v) is 29.4. The van der Waals surface area contributed by atoms with Crippen LogP contribution >= 0.6 is 46.1 Å². The van der Waals surface area contributed by atoms with Gasteiger partial charge in [-0.15, -0.1) is 22.7 Å². The second-order valence-electron chi connectivity index (χ2n) is 34.1. The van der Waals surface area contributed by atoms with Crippen molar-refractivity contribution < 1.29 is 0 Å². The van der Waals surface area contributed by atoms with Gasteiger partial charge in [0.15, 0.2) is 0 Å². The summed E-state index contributed by atoms with van der Waals surface area (Å²) < 4.78 is 21.6. The fraction of sp³-hybridized carbons (Fsp3) is 0.729. The molecule has 0 saturated heterocycles. The van der Waals surface area contributed by atoms with Gasteiger partial charge >= 0.3 is 0 Å². The van der Waals surface area contributed by atoms with Crippen molar-refractivity contribution in [1.82, 2.24) is 17.5 Å². The molecule has 3 aliphatic carbocycles. The Kier molecular flexibility index (Phi) is 36.6. The Morgan fingerprint density at radius 3 is 0.894 bits per heavy atom. The smallest absolute Gasteiger partial charge is 0.114 e. The van der Waals surface area contributed by atoms with Crippen molar-refractivity contribution in [3.63, 3.8) is 0 Å². The van der Waals surface area contributed by atoms with Crippen molar-refractivity contribution in [3.8, 4) is 42.4 Å². The van der Waals surface area contributed by atoms with Gasteiger partial charge in [0, 0.05) is 52.9 Å². The van der Waals surface area contributed by atoms with Crippen molar-refractivity contribution in [3.05, 3.63) is 80.2 Å². The van der Waals surface area contributed by atoms with E-state index in [0.717, 1.165) is 11.0 Å². The molecule has 3 aromatic carbocycles. The first-order chi connectivity index (χ1) is 51.3. The Morgan fingerprint density at radius 1 is 0.279 bits per heavy atom. The lowest BCUT2D eigenvalue weighted by molar-refractivity contribution is 0.393. The van der Waals surface area contributed by atoms with Gasteiger partial charge in [-0.05, 0) is 120 Å². The zero-order chi connectivity index (χ0) is 72.5. The number of rotatable bonds is 61. The van der Waals surface area contributed by atoms with E-state index in [1.165, 1.54) is 484 Å². The summed E-state index contributed by atoms with van der Waals surface area (Å²) in [6.45, 7) is 16.5. The number of fused-ring (bicyclic) bond motifs is 13. The Balaban J connectivity index is 0.979. The molecule has 0 amide bonds. The number of hydrogen-bond acceptors (Lipinski definition) is 8. The molecule has 1 unspecified atom stereocenters. The van der Waals surface area contributed by atoms with E-state index in [-0.39, 0.29) is 10.8 Å². The highest BCUT2D eigenvalue weighted by Gasteiger charge is 2.50. The van der Waals surface area contributed by atoms with Gasteiger partial charge in [0.25, 0.3) is 0 Å². The summed E-state index contributed by atoms with van der Waals surface area (Å²) in [6.07, 6.45) is 82.7. The molecule has 10 rings (SSSR count). The SMILES string of the molecule is CCCCCCCCCCCCCCCCC1(CCCCCCCCCCCCCCCC)c2cc3c(cc2-c2c1cc(C)c1nsnc21)C(CCCCCCCCCCCCCCCC)(CCCCCCCCCCCCCCCC)c1cc(-c2cc4c(s2)-c2sc(C)cc2C4C)c2nsnc2c1-3. The highest BCUT2D eigenvalue weighted by Crippen LogP contribution is 2.64. The molecule has 576 valence electrons. The van der Waals surface area contributed by atoms with Crippen LogP contribution in [-0.4, -0.2) is 17.5 Å². The summed E-state index contributed by atoms with van der Waals surface area (Å²) in [6, 6.07) is 16.2. The number of aromatic nitrogens is 4. The highest BCUT2D eigenvalue weighted by atomic mass is 32.1. The van der Waals surface area contributed by atoms with Crippen LogP contribution in [0, 0.1) is 13.8 Å². The molecule has 0 spiro atoms. The Hall–Kier alpha value is -3.30. The lowest BCUT2D eigenvalue weighted by atomic mass is 9.68. The van der Waals surface area contributed by atoms with E-state index in [1.54, 1.807) is 22.3 Å². The van der Waals surface area contributed by atoms with Crippen LogP contribution in [0.3, 0.4) is 0 Å². The number of thiophene rings is 2. The highest BCUT2D eigenvalue weighted by molar-refractivity contribution is 7.24. The molecule has 7 aromatic rings. The van der Waals surface area contributed by atoms with E-state index >= 15 is 0 Å². The minimum absolute atomic E-state index is 0.0855. The molecule has 4 aromatic heterocycles. The normalized spacial score (nSPS) is 14.5. The summed E-state index contributed by atoms with van der Waals surface area (Å²) in [5, 5.41) is 0. The lowest BCUT2D eigenvalue weighted by Gasteiger charge is -2.35. The van der Waals surface area contributed by atoms with E-state index in [2.05, 4.69) is 84.9 Å². The van der Waals surface area contributed by atoms with Crippen molar-refractivity contribution in [2.45, 2.75) is 450 Å². The van der Waals surface area contributed by atoms with E-state index in [0.29, 0.717) is 5.92 Å². The van der Waals surface area contributed by atoms with E-state index in [9.17, 15) is 0 Å². The van der Waals surface area contributed by atoms with E-state index < -0.39 is 0 Å². The largest absolute Gasteiger partial charge is 0.173 e. The molecule has 0 aliphatic heterocycles. The van der Waals surface area contributed by atoms with Crippen LogP contribution < -0.4 is 0 Å². The van der Waals surface area contributed by atoms with Crippen LogP contribution in [0.15, 0.2) is 36.4 Å². The van der Waals surface area contributed by atoms with Crippen LogP contribution in [-0.2, 0) is 10.8 Å². The van der Waals surface area contributed by atoms with Gasteiger partial charge in [-0.25, -0.2) is 0 Å². The van der Waals surface area contributed by atoms with E-state index in [4.69, 9.17) is 17.5 Å². The zero-order valence-corrected chi connectivity index (χ0v) is 71.2. The standard InChI is InChI=1S/C96H148N4S4/c1-8-12-16-20-24-28-32-36-40-44-48-52-56-60-64-95(65-61-57-53-49-45-41-37-33-29-25-21-17-13-9-2)82-71-80-83(70-79(82)87-84(95)68-74(5)89-91(87)99-103-97-89)96(66-62-58-54-50-46-42-38-34-30-26-22-18-14-10-3,67-63-59-55-51-47-43-39-35-31-27-23-19-15-11-4)85-72-81(90-92(88(80)85)100-104-98-90)86-73-78-76(7)77-69-75(6)101-93(77)94(78)102-86/h68-73,76H,8-67H2,1-7H3. The predicted molar refractivity (Wildman–Crippen MR) is 464 cm³/mol. The predicted octanol–water partition coefficient (Wildman–Crippen LogP) is 34.3. The molecule has 0 bridgehead atoms. The molecule has 0 fully saturated rings. The van der Waals surface area contributed by atoms with E-state index in [1.807, 2.05) is 22.7 Å². The summed E-state index contributed by atoms with van der Waals surface area (Å²) in [5.74, 6) is 0.417. The zero-order valence-electron chi connectivity index (χ0n) is 67.9. The molecular weight excluding hydrogens is 1340 g/mol. The molecule has 4 heterocycles. The second-order valence-corrected chi connectivity index (χ2v) is 37.5. The molecule has 0 saturated carbocycles. The fourth-order valence-electron chi connectivity index (χ4n) is 19.7. The van der Waals surface area contributed by atoms with Crippen molar-refractivity contribution in [2.75, 3.05) is 0 Å². The summed E-state index contributed by atoms with van der Waals surface area (Å²) in [7, 11) is 0. The molecule has 3 aliphatic rings. The number of benzene rings is 3. The minimum Gasteiger partial charge on any atom is -0.173 e. The Morgan fingerprint density at radius 2 is 0.548 bits per heavy atom. The Labute approximate surface area is 654 Å². The number of aryl methyl sites for hydroxylation is 2. The van der Waals surface area contributed by atoms with Gasteiger partial charge in [0.1, 0.15) is 22.1 Å². The molecule has 1 atom stereocenters. The van der Waals surface area contributed by atoms with Crippen LogP contribution in [0.2, 0.25) is 0 Å². The van der Waals surface area contributed by atoms with Gasteiger partial charge in [-0.1, -0.05) is 400 Å².